The van der Waals surface area contributed by atoms with Crippen LogP contribution in [-0.2, 0) is 12.8 Å². The van der Waals surface area contributed by atoms with Crippen LogP contribution in [0.2, 0.25) is 0 Å². The third-order valence-corrected chi connectivity index (χ3v) is 5.22. The normalized spacial score (nSPS) is 13.5. The van der Waals surface area contributed by atoms with Gasteiger partial charge in [-0.1, -0.05) is 42.5 Å². The lowest BCUT2D eigenvalue weighted by molar-refractivity contribution is 0.355. The minimum absolute atomic E-state index is 0.0883. The Labute approximate surface area is 150 Å². The van der Waals surface area contributed by atoms with Crippen LogP contribution in [-0.4, -0.2) is 15.2 Å². The standard InChI is InChI=1S/C22H20N2O2/c25-22-16(13-14-7-2-1-3-8-14)20-15-9-4-5-10-17(15)23-18-11-6-12-19(21(18)20)26-24-22/h1-3,6-8,10-12,23-25H,4-5,9,13H2. The van der Waals surface area contributed by atoms with Gasteiger partial charge in [-0.15, -0.1) is 0 Å². The zero-order valence-corrected chi connectivity index (χ0v) is 14.4. The third-order valence-electron chi connectivity index (χ3n) is 5.22. The predicted octanol–water partition coefficient (Wildman–Crippen LogP) is 4.45. The minimum atomic E-state index is 0.0883. The van der Waals surface area contributed by atoms with Gasteiger partial charge in [-0.2, -0.15) is 5.16 Å². The number of H-pyrrole nitrogens is 2. The van der Waals surface area contributed by atoms with E-state index in [1.54, 1.807) is 0 Å². The van der Waals surface area contributed by atoms with E-state index < -0.39 is 0 Å². The topological polar surface area (TPSA) is 64.9 Å². The van der Waals surface area contributed by atoms with Crippen molar-refractivity contribution in [1.29, 1.82) is 0 Å². The SMILES string of the molecule is Oc1[nH]oc2cccc3[nH]c4c(c(c1Cc1ccccc1)-c32)CCCC=4. The molecule has 26 heavy (non-hydrogen) atoms. The Morgan fingerprint density at radius 1 is 1.00 bits per heavy atom. The molecule has 2 aliphatic heterocycles. The highest BCUT2D eigenvalue weighted by Crippen LogP contribution is 2.39. The van der Waals surface area contributed by atoms with E-state index in [1.165, 1.54) is 5.56 Å². The van der Waals surface area contributed by atoms with Gasteiger partial charge in [0, 0.05) is 22.9 Å². The molecule has 0 bridgehead atoms. The molecule has 5 rings (SSSR count). The summed E-state index contributed by atoms with van der Waals surface area (Å²) < 4.78 is 5.70. The van der Waals surface area contributed by atoms with Crippen molar-refractivity contribution in [2.45, 2.75) is 25.7 Å². The molecule has 4 heteroatoms. The fourth-order valence-electron chi connectivity index (χ4n) is 4.03. The zero-order chi connectivity index (χ0) is 17.5. The summed E-state index contributed by atoms with van der Waals surface area (Å²) in [6.07, 6.45) is 6.09. The average Bonchev–Trinajstić information content (AvgIpc) is 2.82. The molecule has 0 spiro atoms. The average molecular weight is 344 g/mol. The van der Waals surface area contributed by atoms with Crippen LogP contribution in [0.4, 0.5) is 0 Å². The second kappa shape index (κ2) is 5.99. The fourth-order valence-corrected chi connectivity index (χ4v) is 4.03. The third kappa shape index (κ3) is 2.37. The quantitative estimate of drug-likeness (QED) is 0.503. The smallest absolute Gasteiger partial charge is 0.222 e. The molecule has 0 unspecified atom stereocenters. The molecule has 0 fully saturated rings. The lowest BCUT2D eigenvalue weighted by atomic mass is 9.87. The Morgan fingerprint density at radius 3 is 2.77 bits per heavy atom. The van der Waals surface area contributed by atoms with Crippen molar-refractivity contribution < 1.29 is 9.63 Å². The van der Waals surface area contributed by atoms with Crippen molar-refractivity contribution in [2.24, 2.45) is 0 Å². The number of nitrogens with one attached hydrogen (secondary N) is 2. The van der Waals surface area contributed by atoms with E-state index in [1.807, 2.05) is 30.3 Å². The van der Waals surface area contributed by atoms with Gasteiger partial charge in [0.1, 0.15) is 0 Å². The molecule has 130 valence electrons. The van der Waals surface area contributed by atoms with Gasteiger partial charge in [-0.25, -0.2) is 0 Å². The Balaban J connectivity index is 1.90. The van der Waals surface area contributed by atoms with E-state index in [-0.39, 0.29) is 5.88 Å². The molecule has 3 N–H and O–H groups in total. The van der Waals surface area contributed by atoms with Crippen LogP contribution in [0.25, 0.3) is 28.3 Å². The van der Waals surface area contributed by atoms with Crippen LogP contribution in [0.5, 0.6) is 5.88 Å². The molecule has 2 heterocycles. The number of benzene rings is 2. The number of aromatic amines is 2. The second-order valence-corrected chi connectivity index (χ2v) is 6.86. The van der Waals surface area contributed by atoms with Crippen molar-refractivity contribution in [3.05, 3.63) is 70.6 Å². The van der Waals surface area contributed by atoms with Crippen LogP contribution in [0, 0.1) is 0 Å². The highest BCUT2D eigenvalue weighted by atomic mass is 16.5. The largest absolute Gasteiger partial charge is 0.493 e. The van der Waals surface area contributed by atoms with Gasteiger partial charge in [0.2, 0.25) is 5.88 Å². The van der Waals surface area contributed by atoms with E-state index >= 15 is 0 Å². The maximum Gasteiger partial charge on any atom is 0.222 e. The van der Waals surface area contributed by atoms with Crippen molar-refractivity contribution in [3.63, 3.8) is 0 Å². The van der Waals surface area contributed by atoms with Crippen molar-refractivity contribution in [1.82, 2.24) is 10.1 Å². The number of aromatic nitrogens is 2. The zero-order valence-electron chi connectivity index (χ0n) is 14.4. The first-order valence-corrected chi connectivity index (χ1v) is 9.04. The van der Waals surface area contributed by atoms with Gasteiger partial charge in [-0.05, 0) is 42.5 Å². The molecular formula is C22H20N2O2. The Morgan fingerprint density at radius 2 is 1.88 bits per heavy atom. The summed E-state index contributed by atoms with van der Waals surface area (Å²) in [5.41, 5.74) is 7.20. The first kappa shape index (κ1) is 15.1. The molecule has 0 saturated carbocycles. The molecule has 0 atom stereocenters. The number of pyridine rings is 1. The Bertz CT molecular complexity index is 1150. The molecule has 0 radical (unpaired) electrons. The van der Waals surface area contributed by atoms with Crippen LogP contribution in [0.1, 0.15) is 29.5 Å². The molecule has 0 aromatic heterocycles. The van der Waals surface area contributed by atoms with E-state index in [4.69, 9.17) is 4.52 Å². The summed E-state index contributed by atoms with van der Waals surface area (Å²) in [6.45, 7) is 0. The van der Waals surface area contributed by atoms with Crippen molar-refractivity contribution in [3.8, 4) is 17.0 Å². The molecule has 1 aliphatic carbocycles. The summed E-state index contributed by atoms with van der Waals surface area (Å²) in [7, 11) is 0. The Hall–Kier alpha value is -3.14. The minimum Gasteiger partial charge on any atom is -0.493 e. The number of fused-ring (bicyclic) bond motifs is 2. The van der Waals surface area contributed by atoms with Crippen molar-refractivity contribution in [2.75, 3.05) is 0 Å². The fraction of sp³-hybridized carbons (Fsp3) is 0.182. The molecule has 0 amide bonds. The van der Waals surface area contributed by atoms with Gasteiger partial charge in [0.15, 0.2) is 5.58 Å². The Kier molecular flexibility index (Phi) is 3.49. The molecule has 4 nitrogen and oxygen atoms in total. The summed E-state index contributed by atoms with van der Waals surface area (Å²) >= 11 is 0. The van der Waals surface area contributed by atoms with Crippen LogP contribution in [0.15, 0.2) is 53.1 Å². The van der Waals surface area contributed by atoms with Crippen LogP contribution in [0.3, 0.4) is 0 Å². The summed E-state index contributed by atoms with van der Waals surface area (Å²) in [5.74, 6) is 0.0883. The van der Waals surface area contributed by atoms with Crippen LogP contribution < -0.4 is 5.35 Å². The highest BCUT2D eigenvalue weighted by molar-refractivity contribution is 5.95. The lowest BCUT2D eigenvalue weighted by Gasteiger charge is -2.19. The lowest BCUT2D eigenvalue weighted by Crippen LogP contribution is -2.20. The van der Waals surface area contributed by atoms with Gasteiger partial charge in [0.25, 0.3) is 0 Å². The number of aromatic hydroxyl groups is 1. The van der Waals surface area contributed by atoms with Gasteiger partial charge >= 0.3 is 0 Å². The van der Waals surface area contributed by atoms with E-state index in [9.17, 15) is 5.11 Å². The van der Waals surface area contributed by atoms with Crippen molar-refractivity contribution >= 4 is 17.2 Å². The predicted molar refractivity (Wildman–Crippen MR) is 103 cm³/mol. The summed E-state index contributed by atoms with van der Waals surface area (Å²) in [4.78, 5) is 3.56. The first-order valence-electron chi connectivity index (χ1n) is 9.04. The van der Waals surface area contributed by atoms with E-state index in [0.717, 1.165) is 58.0 Å². The summed E-state index contributed by atoms with van der Waals surface area (Å²) in [5, 5.41) is 14.7. The molecule has 0 saturated heterocycles. The highest BCUT2D eigenvalue weighted by Gasteiger charge is 2.23. The maximum absolute atomic E-state index is 10.8. The maximum atomic E-state index is 10.8. The number of hydrogen-bond donors (Lipinski definition) is 3. The van der Waals surface area contributed by atoms with Gasteiger partial charge in [-0.3, -0.25) is 0 Å². The van der Waals surface area contributed by atoms with E-state index in [0.29, 0.717) is 6.42 Å². The van der Waals surface area contributed by atoms with Crippen LogP contribution >= 0.6 is 0 Å². The molecule has 2 aromatic rings. The first-order chi connectivity index (χ1) is 12.8. The van der Waals surface area contributed by atoms with E-state index in [2.05, 4.69) is 34.4 Å². The number of rotatable bonds is 2. The molecule has 3 aliphatic rings. The number of hydrogen-bond acceptors (Lipinski definition) is 2. The summed E-state index contributed by atoms with van der Waals surface area (Å²) in [6, 6.07) is 16.2. The second-order valence-electron chi connectivity index (χ2n) is 6.86. The molecule has 2 aromatic carbocycles. The van der Waals surface area contributed by atoms with Gasteiger partial charge in [0.05, 0.1) is 11.1 Å². The molecular weight excluding hydrogens is 324 g/mol. The van der Waals surface area contributed by atoms with Gasteiger partial charge < -0.3 is 14.6 Å². The monoisotopic (exact) mass is 344 g/mol.